The minimum atomic E-state index is -1.01. The summed E-state index contributed by atoms with van der Waals surface area (Å²) in [5, 5.41) is 8.65. The maximum Gasteiger partial charge on any atom is 0.328 e. The van der Waals surface area contributed by atoms with Gasteiger partial charge in [0.2, 0.25) is 5.75 Å². The van der Waals surface area contributed by atoms with E-state index in [4.69, 9.17) is 19.3 Å². The Morgan fingerprint density at radius 2 is 1.78 bits per heavy atom. The summed E-state index contributed by atoms with van der Waals surface area (Å²) in [4.78, 5) is 10.5. The highest BCUT2D eigenvalue weighted by atomic mass is 16.5. The molecular weight excluding hydrogens is 236 g/mol. The Kier molecular flexibility index (Phi) is 4.59. The number of hydrogen-bond donors (Lipinski definition) is 1. The molecule has 0 heterocycles. The Morgan fingerprint density at radius 1 is 1.17 bits per heavy atom. The van der Waals surface area contributed by atoms with Crippen LogP contribution in [-0.2, 0) is 4.79 Å². The average molecular weight is 252 g/mol. The molecule has 0 saturated heterocycles. The van der Waals surface area contributed by atoms with Crippen LogP contribution in [0.25, 0.3) is 6.08 Å². The zero-order chi connectivity index (χ0) is 13.7. The summed E-state index contributed by atoms with van der Waals surface area (Å²) >= 11 is 0. The molecule has 0 amide bonds. The third-order valence-electron chi connectivity index (χ3n) is 2.52. The van der Waals surface area contributed by atoms with E-state index in [1.54, 1.807) is 6.07 Å². The highest BCUT2D eigenvalue weighted by molar-refractivity contribution is 5.86. The molecule has 1 N–H and O–H groups in total. The summed E-state index contributed by atoms with van der Waals surface area (Å²) < 4.78 is 15.7. The molecule has 0 bridgehead atoms. The molecule has 5 nitrogen and oxygen atoms in total. The maximum absolute atomic E-state index is 10.5. The van der Waals surface area contributed by atoms with Gasteiger partial charge in [0.25, 0.3) is 0 Å². The Bertz CT molecular complexity index is 477. The van der Waals surface area contributed by atoms with Crippen molar-refractivity contribution in [2.75, 3.05) is 21.3 Å². The van der Waals surface area contributed by atoms with Gasteiger partial charge in [-0.2, -0.15) is 0 Å². The molecule has 5 heteroatoms. The fraction of sp³-hybridized carbons (Fsp3) is 0.308. The lowest BCUT2D eigenvalue weighted by atomic mass is 10.1. The van der Waals surface area contributed by atoms with E-state index < -0.39 is 5.97 Å². The van der Waals surface area contributed by atoms with Crippen LogP contribution in [0.2, 0.25) is 0 Å². The van der Waals surface area contributed by atoms with Crippen molar-refractivity contribution in [3.63, 3.8) is 0 Å². The Labute approximate surface area is 106 Å². The number of benzene rings is 1. The van der Waals surface area contributed by atoms with E-state index in [1.165, 1.54) is 27.4 Å². The summed E-state index contributed by atoms with van der Waals surface area (Å²) in [6.07, 6.45) is 2.55. The van der Waals surface area contributed by atoms with Crippen molar-refractivity contribution in [1.82, 2.24) is 0 Å². The molecule has 1 aromatic carbocycles. The number of hydrogen-bond acceptors (Lipinski definition) is 4. The number of carboxylic acids is 1. The van der Waals surface area contributed by atoms with Crippen LogP contribution < -0.4 is 14.2 Å². The first-order valence-electron chi connectivity index (χ1n) is 5.25. The van der Waals surface area contributed by atoms with Crippen molar-refractivity contribution < 1.29 is 24.1 Å². The molecule has 98 valence electrons. The number of rotatable bonds is 5. The predicted octanol–water partition coefficient (Wildman–Crippen LogP) is 2.12. The lowest BCUT2D eigenvalue weighted by Gasteiger charge is -2.16. The molecule has 0 radical (unpaired) electrons. The van der Waals surface area contributed by atoms with Crippen LogP contribution in [0.4, 0.5) is 0 Å². The van der Waals surface area contributed by atoms with Crippen molar-refractivity contribution >= 4 is 12.0 Å². The monoisotopic (exact) mass is 252 g/mol. The Morgan fingerprint density at radius 3 is 2.22 bits per heavy atom. The van der Waals surface area contributed by atoms with Crippen LogP contribution in [0.1, 0.15) is 11.1 Å². The highest BCUT2D eigenvalue weighted by Crippen LogP contribution is 2.41. The number of carboxylic acid groups (broad SMARTS) is 1. The second-order valence-electron chi connectivity index (χ2n) is 3.53. The van der Waals surface area contributed by atoms with E-state index >= 15 is 0 Å². The Balaban J connectivity index is 3.41. The average Bonchev–Trinajstić information content (AvgIpc) is 2.36. The molecule has 0 fully saturated rings. The maximum atomic E-state index is 10.5. The van der Waals surface area contributed by atoms with Crippen LogP contribution in [0.15, 0.2) is 12.1 Å². The first-order valence-corrected chi connectivity index (χ1v) is 5.25. The van der Waals surface area contributed by atoms with Gasteiger partial charge < -0.3 is 19.3 Å². The highest BCUT2D eigenvalue weighted by Gasteiger charge is 2.16. The number of methoxy groups -OCH3 is 3. The topological polar surface area (TPSA) is 65.0 Å². The van der Waals surface area contributed by atoms with Gasteiger partial charge in [0.15, 0.2) is 11.5 Å². The van der Waals surface area contributed by atoms with Crippen LogP contribution >= 0.6 is 0 Å². The van der Waals surface area contributed by atoms with Gasteiger partial charge in [0.1, 0.15) is 0 Å². The molecule has 0 spiro atoms. The van der Waals surface area contributed by atoms with Crippen molar-refractivity contribution in [2.24, 2.45) is 0 Å². The molecule has 1 aromatic rings. The minimum Gasteiger partial charge on any atom is -0.493 e. The van der Waals surface area contributed by atoms with Crippen molar-refractivity contribution in [3.8, 4) is 17.2 Å². The van der Waals surface area contributed by atoms with Gasteiger partial charge in [0, 0.05) is 11.6 Å². The third-order valence-corrected chi connectivity index (χ3v) is 2.52. The summed E-state index contributed by atoms with van der Waals surface area (Å²) in [7, 11) is 4.55. The van der Waals surface area contributed by atoms with E-state index in [9.17, 15) is 4.79 Å². The lowest BCUT2D eigenvalue weighted by molar-refractivity contribution is -0.131. The number of aliphatic carboxylic acids is 1. The third kappa shape index (κ3) is 2.74. The normalized spacial score (nSPS) is 10.4. The summed E-state index contributed by atoms with van der Waals surface area (Å²) in [6.45, 7) is 1.82. The van der Waals surface area contributed by atoms with Crippen molar-refractivity contribution in [2.45, 2.75) is 6.92 Å². The molecule has 18 heavy (non-hydrogen) atoms. The van der Waals surface area contributed by atoms with Crippen molar-refractivity contribution in [1.29, 1.82) is 0 Å². The van der Waals surface area contributed by atoms with Gasteiger partial charge in [-0.1, -0.05) is 0 Å². The number of ether oxygens (including phenoxy) is 3. The number of carbonyl (C=O) groups is 1. The second-order valence-corrected chi connectivity index (χ2v) is 3.53. The standard InChI is InChI=1S/C13H16O5/c1-8-9(5-6-11(14)15)7-10(16-2)13(18-4)12(8)17-3/h5-7H,1-4H3,(H,14,15). The van der Waals surface area contributed by atoms with Crippen LogP contribution in [0.5, 0.6) is 17.2 Å². The predicted molar refractivity (Wildman–Crippen MR) is 67.5 cm³/mol. The molecule has 0 aromatic heterocycles. The van der Waals surface area contributed by atoms with Gasteiger partial charge >= 0.3 is 5.97 Å². The summed E-state index contributed by atoms with van der Waals surface area (Å²) in [5.41, 5.74) is 1.49. The molecule has 1 rings (SSSR count). The summed E-state index contributed by atoms with van der Waals surface area (Å²) in [5.74, 6) is 0.500. The summed E-state index contributed by atoms with van der Waals surface area (Å²) in [6, 6.07) is 1.70. The molecule has 0 aliphatic carbocycles. The van der Waals surface area contributed by atoms with E-state index in [0.717, 1.165) is 11.6 Å². The van der Waals surface area contributed by atoms with Crippen LogP contribution in [-0.4, -0.2) is 32.4 Å². The van der Waals surface area contributed by atoms with Crippen molar-refractivity contribution in [3.05, 3.63) is 23.3 Å². The zero-order valence-corrected chi connectivity index (χ0v) is 10.8. The molecule has 0 aliphatic rings. The Hall–Kier alpha value is -2.17. The van der Waals surface area contributed by atoms with E-state index in [1.807, 2.05) is 6.92 Å². The smallest absolute Gasteiger partial charge is 0.328 e. The van der Waals surface area contributed by atoms with Gasteiger partial charge in [0.05, 0.1) is 21.3 Å². The second kappa shape index (κ2) is 5.95. The van der Waals surface area contributed by atoms with Crippen LogP contribution in [0.3, 0.4) is 0 Å². The van der Waals surface area contributed by atoms with Gasteiger partial charge in [-0.15, -0.1) is 0 Å². The first-order chi connectivity index (χ1) is 8.54. The fourth-order valence-electron chi connectivity index (χ4n) is 1.65. The van der Waals surface area contributed by atoms with Gasteiger partial charge in [-0.05, 0) is 24.6 Å². The molecule has 0 atom stereocenters. The SMILES string of the molecule is COc1cc(C=CC(=O)O)c(C)c(OC)c1OC. The van der Waals surface area contributed by atoms with Gasteiger partial charge in [-0.25, -0.2) is 4.79 Å². The minimum absolute atomic E-state index is 0.491. The molecule has 0 aliphatic heterocycles. The van der Waals surface area contributed by atoms with Crippen LogP contribution in [0, 0.1) is 6.92 Å². The van der Waals surface area contributed by atoms with Gasteiger partial charge in [-0.3, -0.25) is 0 Å². The van der Waals surface area contributed by atoms with E-state index in [-0.39, 0.29) is 0 Å². The molecular formula is C13H16O5. The molecule has 0 unspecified atom stereocenters. The largest absolute Gasteiger partial charge is 0.493 e. The first kappa shape index (κ1) is 13.9. The van der Waals surface area contributed by atoms with E-state index in [0.29, 0.717) is 22.8 Å². The molecule has 0 saturated carbocycles. The zero-order valence-electron chi connectivity index (χ0n) is 10.8. The quantitative estimate of drug-likeness (QED) is 0.813. The fourth-order valence-corrected chi connectivity index (χ4v) is 1.65. The lowest BCUT2D eigenvalue weighted by Crippen LogP contribution is -1.99. The van der Waals surface area contributed by atoms with E-state index in [2.05, 4.69) is 0 Å².